The van der Waals surface area contributed by atoms with Gasteiger partial charge in [-0.05, 0) is 13.3 Å². The maximum absolute atomic E-state index is 11.5. The van der Waals surface area contributed by atoms with Gasteiger partial charge in [0.1, 0.15) is 0 Å². The molecule has 1 aliphatic rings. The lowest BCUT2D eigenvalue weighted by Gasteiger charge is -2.26. The molecule has 0 radical (unpaired) electrons. The summed E-state index contributed by atoms with van der Waals surface area (Å²) in [5.41, 5.74) is 0. The van der Waals surface area contributed by atoms with Gasteiger partial charge in [-0.15, -0.1) is 0 Å². The van der Waals surface area contributed by atoms with E-state index < -0.39 is 0 Å². The molecule has 1 heterocycles. The van der Waals surface area contributed by atoms with Crippen molar-refractivity contribution in [3.63, 3.8) is 0 Å². The highest BCUT2D eigenvalue weighted by atomic mass is 16.2. The molecule has 2 N–H and O–H groups in total. The molecule has 4 heteroatoms. The molecule has 1 saturated heterocycles. The van der Waals surface area contributed by atoms with Gasteiger partial charge in [-0.2, -0.15) is 0 Å². The number of hydrogen-bond donors (Lipinski definition) is 2. The molecule has 1 rings (SSSR count). The van der Waals surface area contributed by atoms with Crippen molar-refractivity contribution >= 4 is 5.91 Å². The third-order valence-corrected chi connectivity index (χ3v) is 2.60. The second-order valence-electron chi connectivity index (χ2n) is 3.90. The summed E-state index contributed by atoms with van der Waals surface area (Å²) in [5.74, 6) is 0.154. The van der Waals surface area contributed by atoms with E-state index in [0.717, 1.165) is 32.6 Å². The number of piperazine rings is 1. The van der Waals surface area contributed by atoms with E-state index in [1.165, 1.54) is 0 Å². The van der Waals surface area contributed by atoms with Crippen LogP contribution in [0.3, 0.4) is 0 Å². The summed E-state index contributed by atoms with van der Waals surface area (Å²) in [6, 6.07) is 0.297. The first-order valence-corrected chi connectivity index (χ1v) is 5.44. The van der Waals surface area contributed by atoms with Gasteiger partial charge in [-0.25, -0.2) is 0 Å². The van der Waals surface area contributed by atoms with Gasteiger partial charge < -0.3 is 10.6 Å². The lowest BCUT2D eigenvalue weighted by molar-refractivity contribution is -0.123. The van der Waals surface area contributed by atoms with E-state index in [4.69, 9.17) is 0 Å². The Labute approximate surface area is 86.0 Å². The summed E-state index contributed by atoms with van der Waals surface area (Å²) in [6.45, 7) is 8.62. The van der Waals surface area contributed by atoms with Gasteiger partial charge >= 0.3 is 0 Å². The van der Waals surface area contributed by atoms with E-state index in [0.29, 0.717) is 12.6 Å². The number of nitrogens with one attached hydrogen (secondary N) is 2. The van der Waals surface area contributed by atoms with Crippen molar-refractivity contribution in [1.29, 1.82) is 0 Å². The topological polar surface area (TPSA) is 44.4 Å². The van der Waals surface area contributed by atoms with Crippen LogP contribution < -0.4 is 10.6 Å². The molecule has 0 aromatic heterocycles. The molecule has 1 amide bonds. The summed E-state index contributed by atoms with van der Waals surface area (Å²) >= 11 is 0. The molecule has 0 aliphatic carbocycles. The molecule has 1 aliphatic heterocycles. The van der Waals surface area contributed by atoms with E-state index in [1.807, 2.05) is 6.92 Å². The van der Waals surface area contributed by atoms with E-state index >= 15 is 0 Å². The molecule has 1 atom stereocenters. The van der Waals surface area contributed by atoms with Crippen molar-refractivity contribution in [3.05, 3.63) is 0 Å². The van der Waals surface area contributed by atoms with Gasteiger partial charge in [0.25, 0.3) is 0 Å². The fourth-order valence-electron chi connectivity index (χ4n) is 1.49. The minimum absolute atomic E-state index is 0.154. The molecular formula is C10H21N3O. The van der Waals surface area contributed by atoms with Crippen molar-refractivity contribution in [2.45, 2.75) is 26.3 Å². The average Bonchev–Trinajstić information content (AvgIpc) is 2.19. The van der Waals surface area contributed by atoms with E-state index in [9.17, 15) is 4.79 Å². The van der Waals surface area contributed by atoms with Crippen molar-refractivity contribution in [3.8, 4) is 0 Å². The molecule has 0 aromatic rings. The first kappa shape index (κ1) is 11.5. The molecular weight excluding hydrogens is 178 g/mol. The number of nitrogens with zero attached hydrogens (tertiary/aromatic N) is 1. The van der Waals surface area contributed by atoms with Crippen LogP contribution in [0.1, 0.15) is 20.3 Å². The van der Waals surface area contributed by atoms with Gasteiger partial charge in [-0.3, -0.25) is 9.69 Å². The number of hydrogen-bond acceptors (Lipinski definition) is 3. The fourth-order valence-corrected chi connectivity index (χ4v) is 1.49. The van der Waals surface area contributed by atoms with Crippen LogP contribution in [0.5, 0.6) is 0 Å². The van der Waals surface area contributed by atoms with Crippen LogP contribution in [0.15, 0.2) is 0 Å². The maximum Gasteiger partial charge on any atom is 0.234 e. The molecule has 14 heavy (non-hydrogen) atoms. The number of carbonyl (C=O) groups excluding carboxylic acids is 1. The molecule has 0 aromatic carbocycles. The van der Waals surface area contributed by atoms with Crippen molar-refractivity contribution in [2.24, 2.45) is 0 Å². The molecule has 4 nitrogen and oxygen atoms in total. The molecule has 0 saturated carbocycles. The number of carbonyl (C=O) groups is 1. The lowest BCUT2D eigenvalue weighted by Crippen LogP contribution is -2.48. The monoisotopic (exact) mass is 199 g/mol. The Morgan fingerprint density at radius 1 is 1.50 bits per heavy atom. The summed E-state index contributed by atoms with van der Waals surface area (Å²) in [4.78, 5) is 13.7. The van der Waals surface area contributed by atoms with Crippen LogP contribution >= 0.6 is 0 Å². The quantitative estimate of drug-likeness (QED) is 0.659. The predicted octanol–water partition coefficient (Wildman–Crippen LogP) is -0.194. The van der Waals surface area contributed by atoms with Crippen LogP contribution in [0, 0.1) is 0 Å². The smallest absolute Gasteiger partial charge is 0.234 e. The van der Waals surface area contributed by atoms with Gasteiger partial charge in [0.05, 0.1) is 6.54 Å². The second-order valence-corrected chi connectivity index (χ2v) is 3.90. The Hall–Kier alpha value is -0.610. The highest BCUT2D eigenvalue weighted by Gasteiger charge is 2.13. The molecule has 0 spiro atoms. The highest BCUT2D eigenvalue weighted by molar-refractivity contribution is 5.78. The largest absolute Gasteiger partial charge is 0.353 e. The Morgan fingerprint density at radius 3 is 2.71 bits per heavy atom. The van der Waals surface area contributed by atoms with Gasteiger partial charge in [0, 0.05) is 32.2 Å². The second kappa shape index (κ2) is 5.98. The summed E-state index contributed by atoms with van der Waals surface area (Å²) < 4.78 is 0. The Kier molecular flexibility index (Phi) is 4.90. The van der Waals surface area contributed by atoms with E-state index in [1.54, 1.807) is 0 Å². The van der Waals surface area contributed by atoms with Crippen LogP contribution in [0.25, 0.3) is 0 Å². The van der Waals surface area contributed by atoms with E-state index in [-0.39, 0.29) is 5.91 Å². The summed E-state index contributed by atoms with van der Waals surface area (Å²) in [7, 11) is 0. The van der Waals surface area contributed by atoms with Crippen molar-refractivity contribution in [2.75, 3.05) is 32.7 Å². The van der Waals surface area contributed by atoms with Gasteiger partial charge in [0.15, 0.2) is 0 Å². The maximum atomic E-state index is 11.5. The van der Waals surface area contributed by atoms with Gasteiger partial charge in [0.2, 0.25) is 5.91 Å². The summed E-state index contributed by atoms with van der Waals surface area (Å²) in [5, 5.41) is 6.24. The molecule has 1 unspecified atom stereocenters. The van der Waals surface area contributed by atoms with Crippen LogP contribution in [0.4, 0.5) is 0 Å². The Bertz CT molecular complexity index is 178. The third kappa shape index (κ3) is 4.07. The molecule has 0 bridgehead atoms. The number of amides is 1. The van der Waals surface area contributed by atoms with E-state index in [2.05, 4.69) is 22.5 Å². The first-order valence-electron chi connectivity index (χ1n) is 5.44. The normalized spacial score (nSPS) is 20.4. The lowest BCUT2D eigenvalue weighted by atomic mass is 10.2. The zero-order chi connectivity index (χ0) is 10.4. The first-order chi connectivity index (χ1) is 6.72. The fraction of sp³-hybridized carbons (Fsp3) is 0.900. The third-order valence-electron chi connectivity index (χ3n) is 2.60. The SMILES string of the molecule is CCC(C)NC(=O)CN1CCNCC1. The minimum Gasteiger partial charge on any atom is -0.353 e. The zero-order valence-electron chi connectivity index (χ0n) is 9.18. The minimum atomic E-state index is 0.154. The summed E-state index contributed by atoms with van der Waals surface area (Å²) in [6.07, 6.45) is 0.993. The van der Waals surface area contributed by atoms with Crippen LogP contribution in [-0.4, -0.2) is 49.6 Å². The molecule has 1 fully saturated rings. The Morgan fingerprint density at radius 2 is 2.14 bits per heavy atom. The average molecular weight is 199 g/mol. The van der Waals surface area contributed by atoms with Crippen molar-refractivity contribution in [1.82, 2.24) is 15.5 Å². The van der Waals surface area contributed by atoms with Crippen LogP contribution in [0.2, 0.25) is 0 Å². The van der Waals surface area contributed by atoms with Crippen LogP contribution in [-0.2, 0) is 4.79 Å². The Balaban J connectivity index is 2.18. The predicted molar refractivity (Wildman–Crippen MR) is 57.2 cm³/mol. The highest BCUT2D eigenvalue weighted by Crippen LogP contribution is 1.93. The standard InChI is InChI=1S/C10H21N3O/c1-3-9(2)12-10(14)8-13-6-4-11-5-7-13/h9,11H,3-8H2,1-2H3,(H,12,14). The van der Waals surface area contributed by atoms with Gasteiger partial charge in [-0.1, -0.05) is 6.92 Å². The zero-order valence-corrected chi connectivity index (χ0v) is 9.18. The van der Waals surface area contributed by atoms with Crippen molar-refractivity contribution < 1.29 is 4.79 Å². The molecule has 82 valence electrons. The number of rotatable bonds is 4.